The molecule has 20 heavy (non-hydrogen) atoms. The standard InChI is InChI=1S/C14H19NO4S/c1-10-5-3-6-11(9-10)15-20(17,18)13-8-4-7-12(13)14(16)19-2/h3,5-6,9,12-13,15H,4,7-8H2,1-2H3. The van der Waals surface area contributed by atoms with E-state index in [2.05, 4.69) is 4.72 Å². The van der Waals surface area contributed by atoms with Gasteiger partial charge in [-0.15, -0.1) is 0 Å². The number of hydrogen-bond acceptors (Lipinski definition) is 4. The Morgan fingerprint density at radius 3 is 2.75 bits per heavy atom. The predicted molar refractivity (Wildman–Crippen MR) is 76.9 cm³/mol. The summed E-state index contributed by atoms with van der Waals surface area (Å²) in [5.74, 6) is -1.01. The maximum absolute atomic E-state index is 12.4. The fourth-order valence-corrected chi connectivity index (χ4v) is 4.43. The zero-order valence-corrected chi connectivity index (χ0v) is 12.4. The third-order valence-electron chi connectivity index (χ3n) is 3.63. The van der Waals surface area contributed by atoms with Crippen LogP contribution >= 0.6 is 0 Å². The highest BCUT2D eigenvalue weighted by atomic mass is 32.2. The summed E-state index contributed by atoms with van der Waals surface area (Å²) < 4.78 is 32.1. The number of nitrogens with one attached hydrogen (secondary N) is 1. The average Bonchev–Trinajstić information content (AvgIpc) is 2.87. The first-order chi connectivity index (χ1) is 9.44. The Balaban J connectivity index is 2.19. The number of methoxy groups -OCH3 is 1. The van der Waals surface area contributed by atoms with Crippen LogP contribution in [0.4, 0.5) is 5.69 Å². The van der Waals surface area contributed by atoms with Crippen LogP contribution in [0, 0.1) is 12.8 Å². The van der Waals surface area contributed by atoms with Gasteiger partial charge in [-0.1, -0.05) is 18.6 Å². The molecule has 1 N–H and O–H groups in total. The Morgan fingerprint density at radius 2 is 2.10 bits per heavy atom. The second-order valence-electron chi connectivity index (χ2n) is 5.12. The van der Waals surface area contributed by atoms with Crippen LogP contribution in [0.3, 0.4) is 0 Å². The van der Waals surface area contributed by atoms with E-state index in [0.717, 1.165) is 12.0 Å². The first-order valence-corrected chi connectivity index (χ1v) is 8.15. The quantitative estimate of drug-likeness (QED) is 0.864. The molecular formula is C14H19NO4S. The van der Waals surface area contributed by atoms with E-state index in [1.54, 1.807) is 18.2 Å². The highest BCUT2D eigenvalue weighted by Gasteiger charge is 2.42. The highest BCUT2D eigenvalue weighted by Crippen LogP contribution is 2.33. The number of carbonyl (C=O) groups excluding carboxylic acids is 1. The van der Waals surface area contributed by atoms with Crippen molar-refractivity contribution >= 4 is 21.7 Å². The molecule has 0 aromatic heterocycles. The number of rotatable bonds is 4. The topological polar surface area (TPSA) is 72.5 Å². The molecule has 1 fully saturated rings. The largest absolute Gasteiger partial charge is 0.469 e. The molecule has 110 valence electrons. The minimum Gasteiger partial charge on any atom is -0.469 e. The summed E-state index contributed by atoms with van der Waals surface area (Å²) in [5, 5.41) is -0.713. The van der Waals surface area contributed by atoms with Gasteiger partial charge in [0.25, 0.3) is 0 Å². The first-order valence-electron chi connectivity index (χ1n) is 6.60. The average molecular weight is 297 g/mol. The van der Waals surface area contributed by atoms with Crippen LogP contribution in [0.2, 0.25) is 0 Å². The molecule has 0 heterocycles. The van der Waals surface area contributed by atoms with Crippen molar-refractivity contribution in [3.8, 4) is 0 Å². The summed E-state index contributed by atoms with van der Waals surface area (Å²) in [6.45, 7) is 1.89. The van der Waals surface area contributed by atoms with Crippen LogP contribution in [0.1, 0.15) is 24.8 Å². The molecule has 1 aromatic rings. The maximum atomic E-state index is 12.4. The molecule has 0 spiro atoms. The fourth-order valence-electron chi connectivity index (χ4n) is 2.67. The van der Waals surface area contributed by atoms with E-state index in [-0.39, 0.29) is 0 Å². The Kier molecular flexibility index (Phi) is 4.32. The van der Waals surface area contributed by atoms with Crippen LogP contribution in [-0.2, 0) is 19.6 Å². The van der Waals surface area contributed by atoms with Crippen LogP contribution in [-0.4, -0.2) is 26.7 Å². The second-order valence-corrected chi connectivity index (χ2v) is 7.02. The summed E-state index contributed by atoms with van der Waals surface area (Å²) >= 11 is 0. The van der Waals surface area contributed by atoms with Gasteiger partial charge < -0.3 is 4.74 Å². The minimum atomic E-state index is -3.58. The Morgan fingerprint density at radius 1 is 1.35 bits per heavy atom. The van der Waals surface area contributed by atoms with Gasteiger partial charge in [0.15, 0.2) is 0 Å². The number of esters is 1. The van der Waals surface area contributed by atoms with Crippen molar-refractivity contribution < 1.29 is 17.9 Å². The summed E-state index contributed by atoms with van der Waals surface area (Å²) in [5.41, 5.74) is 1.50. The van der Waals surface area contributed by atoms with E-state index in [9.17, 15) is 13.2 Å². The normalized spacial score (nSPS) is 22.5. The van der Waals surface area contributed by atoms with Gasteiger partial charge in [-0.2, -0.15) is 0 Å². The third kappa shape index (κ3) is 3.12. The number of aryl methyl sites for hydroxylation is 1. The summed E-state index contributed by atoms with van der Waals surface area (Å²) in [4.78, 5) is 11.7. The third-order valence-corrected chi connectivity index (χ3v) is 5.51. The van der Waals surface area contributed by atoms with Crippen LogP contribution < -0.4 is 4.72 Å². The molecule has 5 nitrogen and oxygen atoms in total. The zero-order chi connectivity index (χ0) is 14.8. The molecule has 2 atom stereocenters. The van der Waals surface area contributed by atoms with Crippen LogP contribution in [0.15, 0.2) is 24.3 Å². The van der Waals surface area contributed by atoms with Gasteiger partial charge in [0.2, 0.25) is 10.0 Å². The number of sulfonamides is 1. The maximum Gasteiger partial charge on any atom is 0.310 e. The van der Waals surface area contributed by atoms with Crippen molar-refractivity contribution in [2.75, 3.05) is 11.8 Å². The van der Waals surface area contributed by atoms with Gasteiger partial charge in [-0.3, -0.25) is 9.52 Å². The van der Waals surface area contributed by atoms with Crippen molar-refractivity contribution in [3.63, 3.8) is 0 Å². The van der Waals surface area contributed by atoms with Gasteiger partial charge in [0, 0.05) is 5.69 Å². The Bertz CT molecular complexity index is 597. The summed E-state index contributed by atoms with van der Waals surface area (Å²) in [6.07, 6.45) is 1.77. The van der Waals surface area contributed by atoms with E-state index < -0.39 is 27.2 Å². The van der Waals surface area contributed by atoms with E-state index >= 15 is 0 Å². The molecule has 0 bridgehead atoms. The number of ether oxygens (including phenoxy) is 1. The van der Waals surface area contributed by atoms with Gasteiger partial charge in [-0.05, 0) is 37.5 Å². The van der Waals surface area contributed by atoms with Crippen molar-refractivity contribution in [3.05, 3.63) is 29.8 Å². The van der Waals surface area contributed by atoms with E-state index in [1.807, 2.05) is 13.0 Å². The van der Waals surface area contributed by atoms with Gasteiger partial charge in [0.1, 0.15) is 0 Å². The molecule has 1 aliphatic carbocycles. The van der Waals surface area contributed by atoms with Gasteiger partial charge >= 0.3 is 5.97 Å². The summed E-state index contributed by atoms with van der Waals surface area (Å²) in [6, 6.07) is 7.15. The zero-order valence-electron chi connectivity index (χ0n) is 11.6. The molecule has 1 aromatic carbocycles. The molecule has 0 saturated heterocycles. The van der Waals surface area contributed by atoms with Crippen molar-refractivity contribution in [1.82, 2.24) is 0 Å². The molecule has 0 radical (unpaired) electrons. The predicted octanol–water partition coefficient (Wildman–Crippen LogP) is 2.08. The Labute approximate surface area is 119 Å². The van der Waals surface area contributed by atoms with Gasteiger partial charge in [0.05, 0.1) is 18.3 Å². The van der Waals surface area contributed by atoms with E-state index in [1.165, 1.54) is 7.11 Å². The SMILES string of the molecule is COC(=O)C1CCCC1S(=O)(=O)Nc1cccc(C)c1. The minimum absolute atomic E-state index is 0.442. The molecule has 6 heteroatoms. The molecule has 2 rings (SSSR count). The smallest absolute Gasteiger partial charge is 0.310 e. The lowest BCUT2D eigenvalue weighted by Gasteiger charge is -2.19. The van der Waals surface area contributed by atoms with E-state index in [0.29, 0.717) is 18.5 Å². The van der Waals surface area contributed by atoms with Crippen LogP contribution in [0.25, 0.3) is 0 Å². The second kappa shape index (κ2) is 5.83. The van der Waals surface area contributed by atoms with Crippen molar-refractivity contribution in [2.45, 2.75) is 31.4 Å². The van der Waals surface area contributed by atoms with Crippen LogP contribution in [0.5, 0.6) is 0 Å². The van der Waals surface area contributed by atoms with E-state index in [4.69, 9.17) is 4.74 Å². The molecule has 2 unspecified atom stereocenters. The first kappa shape index (κ1) is 14.8. The lowest BCUT2D eigenvalue weighted by molar-refractivity contribution is -0.145. The highest BCUT2D eigenvalue weighted by molar-refractivity contribution is 7.93. The number of carbonyl (C=O) groups is 1. The van der Waals surface area contributed by atoms with Crippen molar-refractivity contribution in [1.29, 1.82) is 0 Å². The molecule has 0 amide bonds. The number of benzene rings is 1. The molecule has 1 saturated carbocycles. The monoisotopic (exact) mass is 297 g/mol. The molecule has 1 aliphatic rings. The Hall–Kier alpha value is -1.56. The van der Waals surface area contributed by atoms with Gasteiger partial charge in [-0.25, -0.2) is 8.42 Å². The fraction of sp³-hybridized carbons (Fsp3) is 0.500. The molecule has 0 aliphatic heterocycles. The summed E-state index contributed by atoms with van der Waals surface area (Å²) in [7, 11) is -2.29. The number of hydrogen-bond donors (Lipinski definition) is 1. The lowest BCUT2D eigenvalue weighted by atomic mass is 10.1. The molecular weight excluding hydrogens is 278 g/mol. The lowest BCUT2D eigenvalue weighted by Crippen LogP contribution is -2.35. The van der Waals surface area contributed by atoms with Crippen molar-refractivity contribution in [2.24, 2.45) is 5.92 Å². The number of anilines is 1.